The fourth-order valence-electron chi connectivity index (χ4n) is 3.00. The number of anilines is 1. The molecule has 0 unspecified atom stereocenters. The Morgan fingerprint density at radius 2 is 1.87 bits per heavy atom. The quantitative estimate of drug-likeness (QED) is 0.613. The van der Waals surface area contributed by atoms with Crippen molar-refractivity contribution in [1.82, 2.24) is 0 Å². The minimum absolute atomic E-state index is 0.115. The number of nitrogens with zero attached hydrogens (tertiary/aromatic N) is 1. The molecule has 23 heavy (non-hydrogen) atoms. The number of nitrogens with one attached hydrogen (secondary N) is 1. The van der Waals surface area contributed by atoms with Crippen LogP contribution in [0.3, 0.4) is 0 Å². The molecule has 1 spiro atoms. The second kappa shape index (κ2) is 5.01. The number of hydrogen-bond acceptors (Lipinski definition) is 4. The lowest BCUT2D eigenvalue weighted by Gasteiger charge is -2.12. The van der Waals surface area contributed by atoms with Crippen LogP contribution in [0.15, 0.2) is 30.3 Å². The first-order chi connectivity index (χ1) is 11.0. The summed E-state index contributed by atoms with van der Waals surface area (Å²) in [5.74, 6) is 0.853. The maximum absolute atomic E-state index is 10.8. The van der Waals surface area contributed by atoms with Crippen molar-refractivity contribution in [2.45, 2.75) is 18.3 Å². The highest BCUT2D eigenvalue weighted by atomic mass is 35.5. The van der Waals surface area contributed by atoms with Crippen molar-refractivity contribution in [2.75, 3.05) is 11.9 Å². The van der Waals surface area contributed by atoms with Crippen molar-refractivity contribution in [3.8, 4) is 11.5 Å². The molecule has 1 aliphatic carbocycles. The molecule has 1 saturated carbocycles. The van der Waals surface area contributed by atoms with Gasteiger partial charge in [-0.25, -0.2) is 0 Å². The molecular formula is C16H12Cl2N2O3. The second-order valence-corrected chi connectivity index (χ2v) is 6.75. The average Bonchev–Trinajstić information content (AvgIpc) is 3.21. The van der Waals surface area contributed by atoms with Crippen molar-refractivity contribution in [3.63, 3.8) is 0 Å². The van der Waals surface area contributed by atoms with Gasteiger partial charge in [-0.2, -0.15) is 0 Å². The summed E-state index contributed by atoms with van der Waals surface area (Å²) in [7, 11) is 0. The summed E-state index contributed by atoms with van der Waals surface area (Å²) >= 11 is 12.2. The Kier molecular flexibility index (Phi) is 3.18. The van der Waals surface area contributed by atoms with E-state index in [-0.39, 0.29) is 26.9 Å². The SMILES string of the molecule is O=[N+]([O-])c1cc(Cl)c(Oc2ccc3c(c2)C2(CC2)CN3)c(Cl)c1. The average molecular weight is 351 g/mol. The summed E-state index contributed by atoms with van der Waals surface area (Å²) in [4.78, 5) is 10.3. The number of nitro benzene ring substituents is 1. The Morgan fingerprint density at radius 1 is 1.17 bits per heavy atom. The normalized spacial score (nSPS) is 16.8. The molecular weight excluding hydrogens is 339 g/mol. The molecule has 0 aromatic heterocycles. The fraction of sp³-hybridized carbons (Fsp3) is 0.250. The van der Waals surface area contributed by atoms with Crippen molar-refractivity contribution in [3.05, 3.63) is 56.1 Å². The minimum Gasteiger partial charge on any atom is -0.454 e. The van der Waals surface area contributed by atoms with Crippen LogP contribution in [0.5, 0.6) is 11.5 Å². The minimum atomic E-state index is -0.542. The van der Waals surface area contributed by atoms with E-state index in [0.717, 1.165) is 12.2 Å². The van der Waals surface area contributed by atoms with Crippen molar-refractivity contribution >= 4 is 34.6 Å². The first kappa shape index (κ1) is 14.6. The molecule has 1 heterocycles. The molecule has 5 nitrogen and oxygen atoms in total. The fourth-order valence-corrected chi connectivity index (χ4v) is 3.56. The van der Waals surface area contributed by atoms with E-state index in [4.69, 9.17) is 27.9 Å². The third-order valence-corrected chi connectivity index (χ3v) is 5.01. The van der Waals surface area contributed by atoms with Crippen LogP contribution in [-0.2, 0) is 5.41 Å². The van der Waals surface area contributed by atoms with E-state index in [9.17, 15) is 10.1 Å². The standard InChI is InChI=1S/C16H12Cl2N2O3/c17-12-5-9(20(21)22)6-13(18)15(12)23-10-1-2-14-11(7-10)16(3-4-16)8-19-14/h1-2,5-7,19H,3-4,8H2. The number of nitro groups is 1. The van der Waals surface area contributed by atoms with E-state index in [0.29, 0.717) is 5.75 Å². The van der Waals surface area contributed by atoms with Crippen LogP contribution < -0.4 is 10.1 Å². The van der Waals surface area contributed by atoms with E-state index in [2.05, 4.69) is 5.32 Å². The third-order valence-electron chi connectivity index (χ3n) is 4.45. The second-order valence-electron chi connectivity index (χ2n) is 5.94. The van der Waals surface area contributed by atoms with Crippen molar-refractivity contribution in [2.24, 2.45) is 0 Å². The lowest BCUT2D eigenvalue weighted by atomic mass is 9.98. The highest BCUT2D eigenvalue weighted by molar-refractivity contribution is 6.37. The molecule has 7 heteroatoms. The Morgan fingerprint density at radius 3 is 2.48 bits per heavy atom. The number of ether oxygens (including phenoxy) is 1. The maximum atomic E-state index is 10.8. The monoisotopic (exact) mass is 350 g/mol. The molecule has 2 aliphatic rings. The Balaban J connectivity index is 1.68. The Bertz CT molecular complexity index is 811. The number of fused-ring (bicyclic) bond motifs is 2. The van der Waals surface area contributed by atoms with Crippen LogP contribution in [-0.4, -0.2) is 11.5 Å². The number of non-ortho nitro benzene ring substituents is 1. The molecule has 2 aromatic carbocycles. The van der Waals surface area contributed by atoms with Crippen molar-refractivity contribution in [1.29, 1.82) is 0 Å². The topological polar surface area (TPSA) is 64.4 Å². The van der Waals surface area contributed by atoms with Crippen LogP contribution in [0.4, 0.5) is 11.4 Å². The van der Waals surface area contributed by atoms with Crippen LogP contribution in [0.2, 0.25) is 10.0 Å². The molecule has 4 rings (SSSR count). The summed E-state index contributed by atoms with van der Waals surface area (Å²) in [6.07, 6.45) is 2.35. The molecule has 1 aliphatic heterocycles. The van der Waals surface area contributed by atoms with Gasteiger partial charge in [-0.1, -0.05) is 23.2 Å². The predicted octanol–water partition coefficient (Wildman–Crippen LogP) is 5.15. The van der Waals surface area contributed by atoms with Crippen LogP contribution >= 0.6 is 23.2 Å². The summed E-state index contributed by atoms with van der Waals surface area (Å²) in [6.45, 7) is 0.963. The van der Waals surface area contributed by atoms with E-state index < -0.39 is 4.92 Å². The third kappa shape index (κ3) is 2.40. The van der Waals surface area contributed by atoms with Gasteiger partial charge in [0.05, 0.1) is 15.0 Å². The molecule has 118 valence electrons. The van der Waals surface area contributed by atoms with E-state index in [1.165, 1.54) is 30.5 Å². The summed E-state index contributed by atoms with van der Waals surface area (Å²) < 4.78 is 5.81. The van der Waals surface area contributed by atoms with E-state index >= 15 is 0 Å². The van der Waals surface area contributed by atoms with Gasteiger partial charge in [0.25, 0.3) is 5.69 Å². The summed E-state index contributed by atoms with van der Waals surface area (Å²) in [5, 5.41) is 14.5. The highest BCUT2D eigenvalue weighted by Crippen LogP contribution is 2.55. The zero-order chi connectivity index (χ0) is 16.2. The molecule has 1 fully saturated rings. The summed E-state index contributed by atoms with van der Waals surface area (Å²) in [6, 6.07) is 8.28. The summed E-state index contributed by atoms with van der Waals surface area (Å²) in [5.41, 5.74) is 2.47. The number of halogens is 2. The molecule has 0 amide bonds. The lowest BCUT2D eigenvalue weighted by molar-refractivity contribution is -0.384. The van der Waals surface area contributed by atoms with Gasteiger partial charge >= 0.3 is 0 Å². The largest absolute Gasteiger partial charge is 0.454 e. The lowest BCUT2D eigenvalue weighted by Crippen LogP contribution is -2.08. The van der Waals surface area contributed by atoms with Crippen LogP contribution in [0.25, 0.3) is 0 Å². The van der Waals surface area contributed by atoms with Crippen LogP contribution in [0.1, 0.15) is 18.4 Å². The molecule has 0 atom stereocenters. The van der Waals surface area contributed by atoms with E-state index in [1.54, 1.807) is 0 Å². The highest BCUT2D eigenvalue weighted by Gasteiger charge is 2.49. The van der Waals surface area contributed by atoms with Crippen molar-refractivity contribution < 1.29 is 9.66 Å². The number of rotatable bonds is 3. The zero-order valence-corrected chi connectivity index (χ0v) is 13.4. The molecule has 0 saturated heterocycles. The number of hydrogen-bond donors (Lipinski definition) is 1. The van der Waals surface area contributed by atoms with Gasteiger partial charge in [0, 0.05) is 29.8 Å². The van der Waals surface area contributed by atoms with Gasteiger partial charge in [0.1, 0.15) is 5.75 Å². The van der Waals surface area contributed by atoms with E-state index in [1.807, 2.05) is 18.2 Å². The number of benzene rings is 2. The van der Waals surface area contributed by atoms with Crippen LogP contribution in [0, 0.1) is 10.1 Å². The Labute approximate surface area is 142 Å². The van der Waals surface area contributed by atoms with Gasteiger partial charge < -0.3 is 10.1 Å². The molecule has 0 bridgehead atoms. The smallest absolute Gasteiger partial charge is 0.272 e. The predicted molar refractivity (Wildman–Crippen MR) is 89.0 cm³/mol. The maximum Gasteiger partial charge on any atom is 0.272 e. The first-order valence-corrected chi connectivity index (χ1v) is 7.94. The zero-order valence-electron chi connectivity index (χ0n) is 11.9. The van der Waals surface area contributed by atoms with Gasteiger partial charge in [-0.15, -0.1) is 0 Å². The van der Waals surface area contributed by atoms with Gasteiger partial charge in [-0.3, -0.25) is 10.1 Å². The molecule has 0 radical (unpaired) electrons. The van der Waals surface area contributed by atoms with Gasteiger partial charge in [0.15, 0.2) is 5.75 Å². The first-order valence-electron chi connectivity index (χ1n) is 7.18. The molecule has 1 N–H and O–H groups in total. The van der Waals surface area contributed by atoms with Gasteiger partial charge in [0.2, 0.25) is 0 Å². The Hall–Kier alpha value is -1.98. The van der Waals surface area contributed by atoms with Gasteiger partial charge in [-0.05, 0) is 36.6 Å². The molecule has 2 aromatic rings.